The predicted molar refractivity (Wildman–Crippen MR) is 119 cm³/mol. The fraction of sp³-hybridized carbons (Fsp3) is 0.560. The lowest BCUT2D eigenvalue weighted by molar-refractivity contribution is -0.155. The van der Waals surface area contributed by atoms with Crippen LogP contribution in [-0.2, 0) is 11.3 Å². The zero-order valence-corrected chi connectivity index (χ0v) is 18.5. The molecule has 3 atom stereocenters. The second kappa shape index (κ2) is 8.75. The maximum absolute atomic E-state index is 11.6. The van der Waals surface area contributed by atoms with E-state index in [9.17, 15) is 5.11 Å². The minimum Gasteiger partial charge on any atom is -0.385 e. The number of likely N-dealkylation sites (tertiary alicyclic amines) is 1. The summed E-state index contributed by atoms with van der Waals surface area (Å²) in [5.74, 6) is 0. The van der Waals surface area contributed by atoms with Crippen molar-refractivity contribution in [2.75, 3.05) is 26.7 Å². The quantitative estimate of drug-likeness (QED) is 0.789. The fourth-order valence-electron chi connectivity index (χ4n) is 5.38. The summed E-state index contributed by atoms with van der Waals surface area (Å²) in [4.78, 5) is 9.49. The van der Waals surface area contributed by atoms with Crippen molar-refractivity contribution in [1.82, 2.24) is 14.8 Å². The third-order valence-electron chi connectivity index (χ3n) is 6.93. The molecule has 0 radical (unpaired) electrons. The van der Waals surface area contributed by atoms with Gasteiger partial charge in [0.2, 0.25) is 0 Å². The molecule has 1 aromatic heterocycles. The Morgan fingerprint density at radius 2 is 1.97 bits per heavy atom. The first-order valence-corrected chi connectivity index (χ1v) is 11.1. The summed E-state index contributed by atoms with van der Waals surface area (Å²) in [7, 11) is 2.22. The number of nitrogens with zero attached hydrogens (tertiary/aromatic N) is 3. The molecule has 4 rings (SSSR count). The number of aliphatic hydroxyl groups is 1. The van der Waals surface area contributed by atoms with Crippen LogP contribution in [0.15, 0.2) is 54.7 Å². The fourth-order valence-corrected chi connectivity index (χ4v) is 5.38. The van der Waals surface area contributed by atoms with Gasteiger partial charge in [-0.15, -0.1) is 0 Å². The monoisotopic (exact) mass is 409 g/mol. The highest BCUT2D eigenvalue weighted by molar-refractivity contribution is 5.17. The molecule has 2 aromatic rings. The lowest BCUT2D eigenvalue weighted by atomic mass is 9.75. The summed E-state index contributed by atoms with van der Waals surface area (Å²) >= 11 is 0. The van der Waals surface area contributed by atoms with Gasteiger partial charge in [0.1, 0.15) is 6.10 Å². The zero-order chi connectivity index (χ0) is 21.2. The van der Waals surface area contributed by atoms with Gasteiger partial charge in [0.15, 0.2) is 0 Å². The molecular formula is C25H35N3O2. The Hall–Kier alpha value is -1.79. The maximum Gasteiger partial charge on any atom is 0.114 e. The van der Waals surface area contributed by atoms with Crippen molar-refractivity contribution < 1.29 is 9.84 Å². The Labute approximate surface area is 180 Å². The molecule has 2 fully saturated rings. The van der Waals surface area contributed by atoms with Crippen LogP contribution in [0.4, 0.5) is 0 Å². The van der Waals surface area contributed by atoms with Gasteiger partial charge in [-0.1, -0.05) is 36.4 Å². The SMILES string of the molecule is CN(Cc1ccccc1)[C@@H]1CCN(C2(C(O)c3ccccn3)CCOC(C)(C)C2)C1. The van der Waals surface area contributed by atoms with Crippen molar-refractivity contribution in [2.24, 2.45) is 0 Å². The number of hydrogen-bond donors (Lipinski definition) is 1. The Morgan fingerprint density at radius 1 is 1.20 bits per heavy atom. The molecule has 2 saturated heterocycles. The Bertz CT molecular complexity index is 814. The van der Waals surface area contributed by atoms with Crippen molar-refractivity contribution in [2.45, 2.75) is 62.9 Å². The summed E-state index contributed by atoms with van der Waals surface area (Å²) in [5, 5.41) is 11.6. The van der Waals surface area contributed by atoms with Crippen LogP contribution in [0, 0.1) is 0 Å². The van der Waals surface area contributed by atoms with Gasteiger partial charge in [0.25, 0.3) is 0 Å². The molecular weight excluding hydrogens is 374 g/mol. The number of likely N-dealkylation sites (N-methyl/N-ethyl adjacent to an activating group) is 1. The number of hydrogen-bond acceptors (Lipinski definition) is 5. The first-order chi connectivity index (χ1) is 14.4. The zero-order valence-electron chi connectivity index (χ0n) is 18.5. The van der Waals surface area contributed by atoms with Crippen LogP contribution in [0.25, 0.3) is 0 Å². The van der Waals surface area contributed by atoms with Gasteiger partial charge in [-0.25, -0.2) is 0 Å². The molecule has 1 aromatic carbocycles. The molecule has 2 aliphatic rings. The number of aromatic nitrogens is 1. The average Bonchev–Trinajstić information content (AvgIpc) is 3.25. The van der Waals surface area contributed by atoms with E-state index in [1.807, 2.05) is 18.2 Å². The molecule has 3 heterocycles. The van der Waals surface area contributed by atoms with E-state index in [0.717, 1.165) is 44.6 Å². The molecule has 162 valence electrons. The van der Waals surface area contributed by atoms with Crippen LogP contribution in [0.5, 0.6) is 0 Å². The third-order valence-corrected chi connectivity index (χ3v) is 6.93. The number of benzene rings is 1. The van der Waals surface area contributed by atoms with Crippen LogP contribution in [0.2, 0.25) is 0 Å². The topological polar surface area (TPSA) is 48.8 Å². The first kappa shape index (κ1) is 21.4. The van der Waals surface area contributed by atoms with Gasteiger partial charge in [-0.2, -0.15) is 0 Å². The van der Waals surface area contributed by atoms with Crippen molar-refractivity contribution >= 4 is 0 Å². The smallest absolute Gasteiger partial charge is 0.114 e. The summed E-state index contributed by atoms with van der Waals surface area (Å²) < 4.78 is 6.05. The lowest BCUT2D eigenvalue weighted by Gasteiger charge is -2.52. The van der Waals surface area contributed by atoms with Crippen molar-refractivity contribution in [3.63, 3.8) is 0 Å². The maximum atomic E-state index is 11.6. The van der Waals surface area contributed by atoms with E-state index >= 15 is 0 Å². The van der Waals surface area contributed by atoms with Crippen LogP contribution in [0.3, 0.4) is 0 Å². The van der Waals surface area contributed by atoms with Crippen LogP contribution in [0.1, 0.15) is 50.5 Å². The Morgan fingerprint density at radius 3 is 2.67 bits per heavy atom. The van der Waals surface area contributed by atoms with Crippen LogP contribution >= 0.6 is 0 Å². The van der Waals surface area contributed by atoms with Gasteiger partial charge in [0.05, 0.1) is 16.8 Å². The molecule has 2 aliphatic heterocycles. The van der Waals surface area contributed by atoms with Crippen molar-refractivity contribution in [1.29, 1.82) is 0 Å². The highest BCUT2D eigenvalue weighted by atomic mass is 16.5. The standard InChI is InChI=1S/C25H35N3O2/c1-24(2)19-25(13-16-30-24,23(29)22-11-7-8-14-26-22)28-15-12-21(18-28)27(3)17-20-9-5-4-6-10-20/h4-11,14,21,23,29H,12-13,15-19H2,1-3H3/t21-,23?,25?/m1/s1. The van der Waals surface area contributed by atoms with Gasteiger partial charge < -0.3 is 9.84 Å². The predicted octanol–water partition coefficient (Wildman–Crippen LogP) is 3.65. The van der Waals surface area contributed by atoms with E-state index in [1.165, 1.54) is 5.56 Å². The third kappa shape index (κ3) is 4.45. The average molecular weight is 410 g/mol. The van der Waals surface area contributed by atoms with Gasteiger partial charge >= 0.3 is 0 Å². The molecule has 30 heavy (non-hydrogen) atoms. The van der Waals surface area contributed by atoms with Crippen LogP contribution < -0.4 is 0 Å². The number of pyridine rings is 1. The van der Waals surface area contributed by atoms with Gasteiger partial charge in [-0.05, 0) is 57.9 Å². The van der Waals surface area contributed by atoms with E-state index < -0.39 is 6.10 Å². The second-order valence-corrected chi connectivity index (χ2v) is 9.58. The van der Waals surface area contributed by atoms with E-state index in [4.69, 9.17) is 4.74 Å². The van der Waals surface area contributed by atoms with Gasteiger partial charge in [0, 0.05) is 38.5 Å². The summed E-state index contributed by atoms with van der Waals surface area (Å²) in [6.07, 6.45) is 3.88. The highest BCUT2D eigenvalue weighted by Crippen LogP contribution is 2.45. The molecule has 5 nitrogen and oxygen atoms in total. The molecule has 2 unspecified atom stereocenters. The van der Waals surface area contributed by atoms with E-state index in [-0.39, 0.29) is 11.1 Å². The Kier molecular flexibility index (Phi) is 6.26. The lowest BCUT2D eigenvalue weighted by Crippen LogP contribution is -2.59. The van der Waals surface area contributed by atoms with E-state index in [0.29, 0.717) is 12.6 Å². The molecule has 0 spiro atoms. The second-order valence-electron chi connectivity index (χ2n) is 9.58. The molecule has 0 saturated carbocycles. The van der Waals surface area contributed by atoms with Crippen LogP contribution in [-0.4, -0.2) is 63.8 Å². The molecule has 1 N–H and O–H groups in total. The van der Waals surface area contributed by atoms with Crippen molar-refractivity contribution in [3.8, 4) is 0 Å². The normalized spacial score (nSPS) is 28.0. The minimum absolute atomic E-state index is 0.262. The number of aliphatic hydroxyl groups excluding tert-OH is 1. The number of ether oxygens (including phenoxy) is 1. The van der Waals surface area contributed by atoms with E-state index in [1.54, 1.807) is 6.20 Å². The summed E-state index contributed by atoms with van der Waals surface area (Å²) in [6.45, 7) is 7.84. The Balaban J connectivity index is 1.54. The largest absolute Gasteiger partial charge is 0.385 e. The minimum atomic E-state index is -0.625. The molecule has 0 amide bonds. The molecule has 5 heteroatoms. The number of rotatable bonds is 6. The van der Waals surface area contributed by atoms with Gasteiger partial charge in [-0.3, -0.25) is 14.8 Å². The molecule has 0 bridgehead atoms. The van der Waals surface area contributed by atoms with Crippen molar-refractivity contribution in [3.05, 3.63) is 66.0 Å². The highest BCUT2D eigenvalue weighted by Gasteiger charge is 2.52. The summed E-state index contributed by atoms with van der Waals surface area (Å²) in [6, 6.07) is 16.9. The van der Waals surface area contributed by atoms with E-state index in [2.05, 4.69) is 66.0 Å². The first-order valence-electron chi connectivity index (χ1n) is 11.1. The summed E-state index contributed by atoms with van der Waals surface area (Å²) in [5.41, 5.74) is 1.49. The molecule has 0 aliphatic carbocycles.